The zero-order valence-electron chi connectivity index (χ0n) is 7.32. The van der Waals surface area contributed by atoms with Crippen molar-refractivity contribution in [2.45, 2.75) is 38.8 Å². The van der Waals surface area contributed by atoms with E-state index in [-0.39, 0.29) is 0 Å². The highest BCUT2D eigenvalue weighted by atomic mass is 16.3. The van der Waals surface area contributed by atoms with Crippen LogP contribution in [0.5, 0.6) is 0 Å². The molecule has 1 aliphatic rings. The van der Waals surface area contributed by atoms with E-state index in [4.69, 9.17) is 0 Å². The van der Waals surface area contributed by atoms with Gasteiger partial charge in [0.15, 0.2) is 0 Å². The molecule has 0 unspecified atom stereocenters. The van der Waals surface area contributed by atoms with Gasteiger partial charge < -0.3 is 9.67 Å². The molecule has 1 aromatic rings. The normalized spacial score (nSPS) is 18.8. The summed E-state index contributed by atoms with van der Waals surface area (Å²) in [6, 6.07) is 0. The number of rotatable bonds is 1. The summed E-state index contributed by atoms with van der Waals surface area (Å²) in [4.78, 5) is 4.36. The Morgan fingerprint density at radius 1 is 1.58 bits per heavy atom. The fourth-order valence-electron chi connectivity index (χ4n) is 1.64. The minimum atomic E-state index is -0.428. The van der Waals surface area contributed by atoms with E-state index in [1.54, 1.807) is 6.92 Å². The van der Waals surface area contributed by atoms with Gasteiger partial charge in [-0.15, -0.1) is 0 Å². The van der Waals surface area contributed by atoms with Crippen LogP contribution in [0, 0.1) is 0 Å². The van der Waals surface area contributed by atoms with Crippen molar-refractivity contribution in [3.05, 3.63) is 17.7 Å². The number of imidazole rings is 1. The van der Waals surface area contributed by atoms with Crippen molar-refractivity contribution in [1.29, 1.82) is 0 Å². The summed E-state index contributed by atoms with van der Waals surface area (Å²) in [5.41, 5.74) is 0.812. The van der Waals surface area contributed by atoms with Crippen molar-refractivity contribution in [1.82, 2.24) is 9.55 Å². The molecule has 0 amide bonds. The SMILES string of the molecule is C[C@H](O)c1cn2c(n1)CCCC2. The molecule has 0 radical (unpaired) electrons. The Balaban J connectivity index is 2.32. The van der Waals surface area contributed by atoms with Gasteiger partial charge in [0.05, 0.1) is 11.8 Å². The van der Waals surface area contributed by atoms with Crippen LogP contribution in [-0.2, 0) is 13.0 Å². The minimum absolute atomic E-state index is 0.428. The number of aromatic nitrogens is 2. The predicted molar refractivity (Wildman–Crippen MR) is 45.8 cm³/mol. The Morgan fingerprint density at radius 3 is 3.08 bits per heavy atom. The molecular formula is C9H14N2O. The number of fused-ring (bicyclic) bond motifs is 1. The summed E-state index contributed by atoms with van der Waals surface area (Å²) in [7, 11) is 0. The Hall–Kier alpha value is -0.830. The average molecular weight is 166 g/mol. The molecular weight excluding hydrogens is 152 g/mol. The standard InChI is InChI=1S/C9H14N2O/c1-7(12)8-6-11-5-3-2-4-9(11)10-8/h6-7,12H,2-5H2,1H3/t7-/m0/s1. The molecule has 66 valence electrons. The number of hydrogen-bond donors (Lipinski definition) is 1. The van der Waals surface area contributed by atoms with Gasteiger partial charge in [-0.1, -0.05) is 0 Å². The molecule has 0 aromatic carbocycles. The van der Waals surface area contributed by atoms with Gasteiger partial charge in [0.2, 0.25) is 0 Å². The zero-order valence-corrected chi connectivity index (χ0v) is 7.32. The molecule has 3 nitrogen and oxygen atoms in total. The minimum Gasteiger partial charge on any atom is -0.387 e. The summed E-state index contributed by atoms with van der Waals surface area (Å²) in [6.45, 7) is 2.82. The van der Waals surface area contributed by atoms with Gasteiger partial charge in [0.1, 0.15) is 5.82 Å². The highest BCUT2D eigenvalue weighted by Gasteiger charge is 2.13. The van der Waals surface area contributed by atoms with Gasteiger partial charge in [-0.25, -0.2) is 4.98 Å². The van der Waals surface area contributed by atoms with E-state index in [2.05, 4.69) is 9.55 Å². The van der Waals surface area contributed by atoms with Gasteiger partial charge in [-0.05, 0) is 19.8 Å². The average Bonchev–Trinajstić information content (AvgIpc) is 2.46. The summed E-state index contributed by atoms with van der Waals surface area (Å²) < 4.78 is 2.16. The van der Waals surface area contributed by atoms with Crippen LogP contribution in [0.15, 0.2) is 6.20 Å². The second-order valence-electron chi connectivity index (χ2n) is 3.41. The van der Waals surface area contributed by atoms with Crippen molar-refractivity contribution in [2.24, 2.45) is 0 Å². The fourth-order valence-corrected chi connectivity index (χ4v) is 1.64. The summed E-state index contributed by atoms with van der Waals surface area (Å²) in [6.07, 6.45) is 5.08. The molecule has 0 spiro atoms. The molecule has 0 aliphatic carbocycles. The lowest BCUT2D eigenvalue weighted by molar-refractivity contribution is 0.194. The van der Waals surface area contributed by atoms with Gasteiger partial charge in [-0.2, -0.15) is 0 Å². The molecule has 2 heterocycles. The highest BCUT2D eigenvalue weighted by Crippen LogP contribution is 2.17. The van der Waals surface area contributed by atoms with Gasteiger partial charge >= 0.3 is 0 Å². The topological polar surface area (TPSA) is 38.0 Å². The highest BCUT2D eigenvalue weighted by molar-refractivity contribution is 5.07. The second-order valence-corrected chi connectivity index (χ2v) is 3.41. The number of aliphatic hydroxyl groups is 1. The van der Waals surface area contributed by atoms with E-state index in [0.29, 0.717) is 0 Å². The van der Waals surface area contributed by atoms with Gasteiger partial charge in [-0.3, -0.25) is 0 Å². The van der Waals surface area contributed by atoms with E-state index >= 15 is 0 Å². The first kappa shape index (κ1) is 7.80. The van der Waals surface area contributed by atoms with E-state index in [1.165, 1.54) is 12.8 Å². The molecule has 1 N–H and O–H groups in total. The Morgan fingerprint density at radius 2 is 2.42 bits per heavy atom. The maximum absolute atomic E-state index is 9.30. The molecule has 1 atom stereocenters. The Labute approximate surface area is 72.0 Å². The smallest absolute Gasteiger partial charge is 0.109 e. The molecule has 1 aromatic heterocycles. The number of aryl methyl sites for hydroxylation is 2. The molecule has 0 saturated carbocycles. The molecule has 0 saturated heterocycles. The predicted octanol–water partition coefficient (Wildman–Crippen LogP) is 1.27. The zero-order chi connectivity index (χ0) is 8.55. The van der Waals surface area contributed by atoms with Crippen molar-refractivity contribution in [2.75, 3.05) is 0 Å². The maximum atomic E-state index is 9.30. The lowest BCUT2D eigenvalue weighted by atomic mass is 10.2. The molecule has 2 rings (SSSR count). The van der Waals surface area contributed by atoms with E-state index in [0.717, 1.165) is 24.5 Å². The van der Waals surface area contributed by atoms with Gasteiger partial charge in [0, 0.05) is 19.2 Å². The van der Waals surface area contributed by atoms with Crippen molar-refractivity contribution in [3.8, 4) is 0 Å². The quantitative estimate of drug-likeness (QED) is 0.682. The van der Waals surface area contributed by atoms with Crippen LogP contribution in [-0.4, -0.2) is 14.7 Å². The largest absolute Gasteiger partial charge is 0.387 e. The van der Waals surface area contributed by atoms with Crippen LogP contribution in [0.25, 0.3) is 0 Å². The van der Waals surface area contributed by atoms with Crippen molar-refractivity contribution in [3.63, 3.8) is 0 Å². The number of aliphatic hydroxyl groups excluding tert-OH is 1. The Kier molecular flexibility index (Phi) is 1.89. The maximum Gasteiger partial charge on any atom is 0.109 e. The fraction of sp³-hybridized carbons (Fsp3) is 0.667. The molecule has 3 heteroatoms. The van der Waals surface area contributed by atoms with Crippen LogP contribution in [0.3, 0.4) is 0 Å². The first-order valence-corrected chi connectivity index (χ1v) is 4.51. The van der Waals surface area contributed by atoms with Crippen LogP contribution in [0.2, 0.25) is 0 Å². The van der Waals surface area contributed by atoms with Crippen molar-refractivity contribution >= 4 is 0 Å². The summed E-state index contributed by atoms with van der Waals surface area (Å²) in [5.74, 6) is 1.14. The monoisotopic (exact) mass is 166 g/mol. The Bertz CT molecular complexity index is 255. The van der Waals surface area contributed by atoms with Crippen LogP contribution in [0.4, 0.5) is 0 Å². The first-order chi connectivity index (χ1) is 5.77. The number of hydrogen-bond acceptors (Lipinski definition) is 2. The van der Waals surface area contributed by atoms with Gasteiger partial charge in [0.25, 0.3) is 0 Å². The molecule has 0 bridgehead atoms. The third-order valence-corrected chi connectivity index (χ3v) is 2.36. The van der Waals surface area contributed by atoms with E-state index in [9.17, 15) is 5.11 Å². The van der Waals surface area contributed by atoms with E-state index in [1.807, 2.05) is 6.20 Å². The summed E-state index contributed by atoms with van der Waals surface area (Å²) in [5, 5.41) is 9.30. The molecule has 1 aliphatic heterocycles. The first-order valence-electron chi connectivity index (χ1n) is 4.51. The third-order valence-electron chi connectivity index (χ3n) is 2.36. The lowest BCUT2D eigenvalue weighted by Gasteiger charge is -2.11. The summed E-state index contributed by atoms with van der Waals surface area (Å²) >= 11 is 0. The van der Waals surface area contributed by atoms with Crippen LogP contribution >= 0.6 is 0 Å². The van der Waals surface area contributed by atoms with Crippen LogP contribution in [0.1, 0.15) is 37.4 Å². The molecule has 12 heavy (non-hydrogen) atoms. The third kappa shape index (κ3) is 1.25. The second kappa shape index (κ2) is 2.90. The number of nitrogens with zero attached hydrogens (tertiary/aromatic N) is 2. The van der Waals surface area contributed by atoms with E-state index < -0.39 is 6.10 Å². The van der Waals surface area contributed by atoms with Crippen LogP contribution < -0.4 is 0 Å². The molecule has 0 fully saturated rings. The lowest BCUT2D eigenvalue weighted by Crippen LogP contribution is -2.08. The van der Waals surface area contributed by atoms with Crippen molar-refractivity contribution < 1.29 is 5.11 Å².